The van der Waals surface area contributed by atoms with Crippen LogP contribution in [-0.4, -0.2) is 23.5 Å². The number of hydrogen-bond donors (Lipinski definition) is 1. The van der Waals surface area contributed by atoms with Gasteiger partial charge in [0.15, 0.2) is 0 Å². The van der Waals surface area contributed by atoms with Gasteiger partial charge in [0.05, 0.1) is 24.3 Å². The smallest absolute Gasteiger partial charge is 0.338 e. The van der Waals surface area contributed by atoms with E-state index in [0.717, 1.165) is 16.3 Å². The quantitative estimate of drug-likeness (QED) is 0.658. The van der Waals surface area contributed by atoms with E-state index in [4.69, 9.17) is 4.74 Å². The van der Waals surface area contributed by atoms with Crippen molar-refractivity contribution in [1.82, 2.24) is 4.98 Å². The molecule has 5 nitrogen and oxygen atoms in total. The van der Waals surface area contributed by atoms with Crippen molar-refractivity contribution in [3.63, 3.8) is 0 Å². The van der Waals surface area contributed by atoms with E-state index in [0.29, 0.717) is 17.9 Å². The van der Waals surface area contributed by atoms with Crippen LogP contribution in [0, 0.1) is 0 Å². The Bertz CT molecular complexity index is 855. The molecule has 25 heavy (non-hydrogen) atoms. The number of carbonyl (C=O) groups excluding carboxylic acids is 2. The second-order valence-corrected chi connectivity index (χ2v) is 6.82. The average Bonchev–Trinajstić information content (AvgIpc) is 3.27. The SMILES string of the molecule is CCOC(=O)c1ccc(NC(=O)Cc2csc(-c3ccsc3)n2)cc1. The van der Waals surface area contributed by atoms with Crippen molar-refractivity contribution in [3.8, 4) is 10.6 Å². The minimum absolute atomic E-state index is 0.147. The van der Waals surface area contributed by atoms with Crippen LogP contribution < -0.4 is 5.32 Å². The molecule has 0 aliphatic rings. The third kappa shape index (κ3) is 4.52. The first kappa shape index (κ1) is 17.3. The molecule has 128 valence electrons. The lowest BCUT2D eigenvalue weighted by Gasteiger charge is -2.06. The third-order valence-corrected chi connectivity index (χ3v) is 4.96. The Labute approximate surface area is 153 Å². The Kier molecular flexibility index (Phi) is 5.57. The first-order valence-electron chi connectivity index (χ1n) is 7.69. The van der Waals surface area contributed by atoms with Crippen LogP contribution in [0.2, 0.25) is 0 Å². The van der Waals surface area contributed by atoms with Crippen molar-refractivity contribution < 1.29 is 14.3 Å². The number of carbonyl (C=O) groups is 2. The van der Waals surface area contributed by atoms with E-state index in [2.05, 4.69) is 10.3 Å². The summed E-state index contributed by atoms with van der Waals surface area (Å²) in [6.45, 7) is 2.09. The lowest BCUT2D eigenvalue weighted by atomic mass is 10.2. The highest BCUT2D eigenvalue weighted by Crippen LogP contribution is 2.25. The number of anilines is 1. The zero-order valence-corrected chi connectivity index (χ0v) is 15.2. The van der Waals surface area contributed by atoms with Gasteiger partial charge in [-0.15, -0.1) is 11.3 Å². The summed E-state index contributed by atoms with van der Waals surface area (Å²) in [6.07, 6.45) is 0.209. The predicted molar refractivity (Wildman–Crippen MR) is 100 cm³/mol. The van der Waals surface area contributed by atoms with Crippen LogP contribution in [0.25, 0.3) is 10.6 Å². The summed E-state index contributed by atoms with van der Waals surface area (Å²) < 4.78 is 4.93. The Hall–Kier alpha value is -2.51. The largest absolute Gasteiger partial charge is 0.462 e. The maximum absolute atomic E-state index is 12.2. The maximum atomic E-state index is 12.2. The fraction of sp³-hybridized carbons (Fsp3) is 0.167. The topological polar surface area (TPSA) is 68.3 Å². The molecule has 0 aliphatic carbocycles. The first-order valence-corrected chi connectivity index (χ1v) is 9.52. The van der Waals surface area contributed by atoms with Gasteiger partial charge in [0, 0.05) is 22.0 Å². The van der Waals surface area contributed by atoms with Crippen LogP contribution in [0.15, 0.2) is 46.5 Å². The number of thiophene rings is 1. The number of ether oxygens (including phenoxy) is 1. The maximum Gasteiger partial charge on any atom is 0.338 e. The molecule has 2 aromatic heterocycles. The molecule has 1 N–H and O–H groups in total. The van der Waals surface area contributed by atoms with Gasteiger partial charge in [0.1, 0.15) is 5.01 Å². The van der Waals surface area contributed by atoms with Gasteiger partial charge in [0.25, 0.3) is 0 Å². The van der Waals surface area contributed by atoms with E-state index >= 15 is 0 Å². The standard InChI is InChI=1S/C18H16N2O3S2/c1-2-23-18(22)12-3-5-14(6-4-12)19-16(21)9-15-11-25-17(20-15)13-7-8-24-10-13/h3-8,10-11H,2,9H2,1H3,(H,19,21). The second-order valence-electron chi connectivity index (χ2n) is 5.18. The Morgan fingerprint density at radius 1 is 1.16 bits per heavy atom. The van der Waals surface area contributed by atoms with Gasteiger partial charge in [-0.25, -0.2) is 9.78 Å². The molecule has 0 aliphatic heterocycles. The number of thiazole rings is 1. The number of nitrogens with zero attached hydrogens (tertiary/aromatic N) is 1. The second kappa shape index (κ2) is 8.04. The highest BCUT2D eigenvalue weighted by molar-refractivity contribution is 7.14. The van der Waals surface area contributed by atoms with E-state index in [-0.39, 0.29) is 18.3 Å². The van der Waals surface area contributed by atoms with Gasteiger partial charge >= 0.3 is 5.97 Å². The van der Waals surface area contributed by atoms with Gasteiger partial charge in [-0.1, -0.05) is 0 Å². The molecule has 7 heteroatoms. The van der Waals surface area contributed by atoms with E-state index in [1.807, 2.05) is 22.2 Å². The van der Waals surface area contributed by atoms with Crippen molar-refractivity contribution in [2.45, 2.75) is 13.3 Å². The van der Waals surface area contributed by atoms with E-state index < -0.39 is 0 Å². The molecule has 2 heterocycles. The van der Waals surface area contributed by atoms with Gasteiger partial charge in [-0.05, 0) is 42.6 Å². The molecule has 0 saturated heterocycles. The molecule has 0 saturated carbocycles. The monoisotopic (exact) mass is 372 g/mol. The van der Waals surface area contributed by atoms with Crippen LogP contribution in [-0.2, 0) is 16.0 Å². The number of aromatic nitrogens is 1. The molecule has 0 spiro atoms. The molecular weight excluding hydrogens is 356 g/mol. The van der Waals surface area contributed by atoms with Crippen LogP contribution in [0.4, 0.5) is 5.69 Å². The normalized spacial score (nSPS) is 10.4. The van der Waals surface area contributed by atoms with Crippen molar-refractivity contribution in [1.29, 1.82) is 0 Å². The highest BCUT2D eigenvalue weighted by atomic mass is 32.1. The minimum Gasteiger partial charge on any atom is -0.462 e. The summed E-state index contributed by atoms with van der Waals surface area (Å²) in [6, 6.07) is 8.64. The zero-order valence-electron chi connectivity index (χ0n) is 13.5. The summed E-state index contributed by atoms with van der Waals surface area (Å²) in [7, 11) is 0. The molecule has 0 fully saturated rings. The van der Waals surface area contributed by atoms with Crippen LogP contribution in [0.3, 0.4) is 0 Å². The minimum atomic E-state index is -0.371. The van der Waals surface area contributed by atoms with Crippen LogP contribution in [0.5, 0.6) is 0 Å². The zero-order chi connectivity index (χ0) is 17.6. The Balaban J connectivity index is 1.58. The van der Waals surface area contributed by atoms with E-state index in [1.165, 1.54) is 11.3 Å². The van der Waals surface area contributed by atoms with Gasteiger partial charge in [-0.3, -0.25) is 4.79 Å². The van der Waals surface area contributed by atoms with Gasteiger partial charge in [0.2, 0.25) is 5.91 Å². The average molecular weight is 372 g/mol. The number of nitrogens with one attached hydrogen (secondary N) is 1. The van der Waals surface area contributed by atoms with Crippen molar-refractivity contribution in [2.24, 2.45) is 0 Å². The van der Waals surface area contributed by atoms with Crippen molar-refractivity contribution in [2.75, 3.05) is 11.9 Å². The van der Waals surface area contributed by atoms with Gasteiger partial charge in [-0.2, -0.15) is 11.3 Å². The number of benzene rings is 1. The summed E-state index contributed by atoms with van der Waals surface area (Å²) in [5.74, 6) is -0.519. The molecule has 1 aromatic carbocycles. The lowest BCUT2D eigenvalue weighted by molar-refractivity contribution is -0.115. The number of rotatable bonds is 6. The van der Waals surface area contributed by atoms with Crippen LogP contribution >= 0.6 is 22.7 Å². The van der Waals surface area contributed by atoms with Crippen molar-refractivity contribution >= 4 is 40.2 Å². The molecule has 3 rings (SSSR count). The predicted octanol–water partition coefficient (Wildman–Crippen LogP) is 4.23. The number of hydrogen-bond acceptors (Lipinski definition) is 6. The molecule has 1 amide bonds. The third-order valence-electron chi connectivity index (χ3n) is 3.34. The summed E-state index contributed by atoms with van der Waals surface area (Å²) in [5, 5.41) is 9.67. The number of amides is 1. The molecule has 0 unspecified atom stereocenters. The lowest BCUT2D eigenvalue weighted by Crippen LogP contribution is -2.14. The summed E-state index contributed by atoms with van der Waals surface area (Å²) >= 11 is 3.15. The van der Waals surface area contributed by atoms with Gasteiger partial charge < -0.3 is 10.1 Å². The fourth-order valence-corrected chi connectivity index (χ4v) is 3.71. The molecule has 0 radical (unpaired) electrons. The highest BCUT2D eigenvalue weighted by Gasteiger charge is 2.11. The summed E-state index contributed by atoms with van der Waals surface area (Å²) in [4.78, 5) is 28.3. The Morgan fingerprint density at radius 2 is 1.96 bits per heavy atom. The molecule has 3 aromatic rings. The van der Waals surface area contributed by atoms with E-state index in [1.54, 1.807) is 42.5 Å². The fourth-order valence-electron chi connectivity index (χ4n) is 2.18. The van der Waals surface area contributed by atoms with Crippen LogP contribution in [0.1, 0.15) is 23.0 Å². The Morgan fingerprint density at radius 3 is 2.64 bits per heavy atom. The first-order chi connectivity index (χ1) is 12.2. The molecular formula is C18H16N2O3S2. The van der Waals surface area contributed by atoms with Crippen molar-refractivity contribution in [3.05, 3.63) is 57.7 Å². The van der Waals surface area contributed by atoms with E-state index in [9.17, 15) is 9.59 Å². The summed E-state index contributed by atoms with van der Waals surface area (Å²) in [5.41, 5.74) is 2.91. The molecule has 0 bridgehead atoms. The molecule has 0 atom stereocenters. The number of esters is 1.